The number of benzene rings is 2. The van der Waals surface area contributed by atoms with Gasteiger partial charge >= 0.3 is 0 Å². The van der Waals surface area contributed by atoms with Crippen LogP contribution in [0.3, 0.4) is 0 Å². The maximum atomic E-state index is 13.4. The van der Waals surface area contributed by atoms with Crippen LogP contribution in [-0.4, -0.2) is 45.4 Å². The first-order valence-electron chi connectivity index (χ1n) is 8.95. The number of hydrogen-bond donors (Lipinski definition) is 0. The van der Waals surface area contributed by atoms with Crippen molar-refractivity contribution < 1.29 is 17.9 Å². The topological polar surface area (TPSA) is 63.7 Å². The first-order chi connectivity index (χ1) is 13.3. The summed E-state index contributed by atoms with van der Waals surface area (Å²) in [6, 6.07) is 11.1. The number of ketones is 1. The Labute approximate surface area is 170 Å². The van der Waals surface area contributed by atoms with Crippen molar-refractivity contribution in [2.24, 2.45) is 0 Å². The number of rotatable bonds is 5. The van der Waals surface area contributed by atoms with Crippen LogP contribution in [-0.2, 0) is 14.6 Å². The largest absolute Gasteiger partial charge is 0.378 e. The number of Topliss-reactive ketones (excluding diaryl/α,β-unsaturated/α-hetero) is 1. The SMILES string of the molecule is Cc1ccc(S(=O)(=O)/C(=C\N2CCOCC2)C(=O)c2ccc(Cl)cc2)cc1C. The molecule has 2 aromatic rings. The molecule has 1 heterocycles. The molecular formula is C21H22ClNO4S. The third-order valence-corrected chi connectivity index (χ3v) is 6.75. The van der Waals surface area contributed by atoms with Crippen molar-refractivity contribution in [2.45, 2.75) is 18.7 Å². The summed E-state index contributed by atoms with van der Waals surface area (Å²) >= 11 is 5.90. The molecule has 5 nitrogen and oxygen atoms in total. The lowest BCUT2D eigenvalue weighted by atomic mass is 10.1. The molecule has 0 saturated carbocycles. The molecule has 3 rings (SSSR count). The quantitative estimate of drug-likeness (QED) is 0.545. The van der Waals surface area contributed by atoms with Gasteiger partial charge in [-0.2, -0.15) is 0 Å². The minimum absolute atomic E-state index is 0.109. The average Bonchev–Trinajstić information content (AvgIpc) is 2.69. The lowest BCUT2D eigenvalue weighted by Crippen LogP contribution is -2.33. The van der Waals surface area contributed by atoms with Gasteiger partial charge in [0.25, 0.3) is 0 Å². The Bertz CT molecular complexity index is 1010. The maximum Gasteiger partial charge on any atom is 0.211 e. The summed E-state index contributed by atoms with van der Waals surface area (Å²) in [5.41, 5.74) is 2.11. The standard InChI is InChI=1S/C21H22ClNO4S/c1-15-3-8-19(13-16(15)2)28(25,26)20(14-23-9-11-27-12-10-23)21(24)17-4-6-18(22)7-5-17/h3-8,13-14H,9-12H2,1-2H3/b20-14-. The fourth-order valence-corrected chi connectivity index (χ4v) is 4.48. The Morgan fingerprint density at radius 3 is 2.29 bits per heavy atom. The van der Waals surface area contributed by atoms with Crippen molar-refractivity contribution in [3.05, 3.63) is 75.3 Å². The van der Waals surface area contributed by atoms with Gasteiger partial charge in [0, 0.05) is 29.9 Å². The summed E-state index contributed by atoms with van der Waals surface area (Å²) in [6.45, 7) is 5.79. The van der Waals surface area contributed by atoms with E-state index in [1.165, 1.54) is 18.3 Å². The van der Waals surface area contributed by atoms with Crippen molar-refractivity contribution in [2.75, 3.05) is 26.3 Å². The molecule has 28 heavy (non-hydrogen) atoms. The molecule has 0 N–H and O–H groups in total. The molecule has 0 amide bonds. The number of nitrogens with zero attached hydrogens (tertiary/aromatic N) is 1. The maximum absolute atomic E-state index is 13.4. The van der Waals surface area contributed by atoms with Crippen LogP contribution in [0.25, 0.3) is 0 Å². The number of aryl methyl sites for hydroxylation is 2. The zero-order chi connectivity index (χ0) is 20.3. The van der Waals surface area contributed by atoms with Crippen molar-refractivity contribution in [3.63, 3.8) is 0 Å². The zero-order valence-electron chi connectivity index (χ0n) is 15.8. The van der Waals surface area contributed by atoms with Gasteiger partial charge in [0.1, 0.15) is 4.91 Å². The number of carbonyl (C=O) groups is 1. The van der Waals surface area contributed by atoms with Crippen molar-refractivity contribution in [3.8, 4) is 0 Å². The fraction of sp³-hybridized carbons (Fsp3) is 0.286. The molecule has 0 bridgehead atoms. The van der Waals surface area contributed by atoms with Gasteiger partial charge in [0.15, 0.2) is 0 Å². The molecule has 0 aliphatic carbocycles. The molecule has 7 heteroatoms. The van der Waals surface area contributed by atoms with Gasteiger partial charge in [-0.05, 0) is 61.4 Å². The lowest BCUT2D eigenvalue weighted by molar-refractivity contribution is 0.0590. The van der Waals surface area contributed by atoms with Crippen molar-refractivity contribution in [1.29, 1.82) is 0 Å². The summed E-state index contributed by atoms with van der Waals surface area (Å²) in [5, 5.41) is 0.479. The van der Waals surface area contributed by atoms with E-state index >= 15 is 0 Å². The van der Waals surface area contributed by atoms with Crippen LogP contribution >= 0.6 is 11.6 Å². The fourth-order valence-electron chi connectivity index (χ4n) is 2.87. The molecule has 0 atom stereocenters. The van der Waals surface area contributed by atoms with Gasteiger partial charge in [-0.25, -0.2) is 8.42 Å². The Morgan fingerprint density at radius 1 is 1.04 bits per heavy atom. The minimum atomic E-state index is -4.00. The number of ether oxygens (including phenoxy) is 1. The highest BCUT2D eigenvalue weighted by Gasteiger charge is 2.29. The van der Waals surface area contributed by atoms with E-state index in [4.69, 9.17) is 16.3 Å². The molecule has 148 valence electrons. The second kappa shape index (κ2) is 8.47. The van der Waals surface area contributed by atoms with Gasteiger partial charge in [0.2, 0.25) is 15.6 Å². The molecule has 0 spiro atoms. The van der Waals surface area contributed by atoms with E-state index in [0.717, 1.165) is 11.1 Å². The highest BCUT2D eigenvalue weighted by atomic mass is 35.5. The Hall–Kier alpha value is -2.15. The number of allylic oxidation sites excluding steroid dienone is 1. The van der Waals surface area contributed by atoms with E-state index in [9.17, 15) is 13.2 Å². The summed E-state index contributed by atoms with van der Waals surface area (Å²) in [5.74, 6) is -0.554. The van der Waals surface area contributed by atoms with Crippen LogP contribution in [0.5, 0.6) is 0 Å². The van der Waals surface area contributed by atoms with Crippen molar-refractivity contribution >= 4 is 27.2 Å². The molecule has 0 radical (unpaired) electrons. The van der Waals surface area contributed by atoms with Crippen LogP contribution in [0.15, 0.2) is 58.5 Å². The van der Waals surface area contributed by atoms with E-state index in [-0.39, 0.29) is 15.4 Å². The van der Waals surface area contributed by atoms with Crippen molar-refractivity contribution in [1.82, 2.24) is 4.90 Å². The highest BCUT2D eigenvalue weighted by molar-refractivity contribution is 7.96. The molecule has 1 fully saturated rings. The van der Waals surface area contributed by atoms with Crippen LogP contribution in [0.1, 0.15) is 21.5 Å². The van der Waals surface area contributed by atoms with E-state index < -0.39 is 15.6 Å². The minimum Gasteiger partial charge on any atom is -0.378 e. The second-order valence-electron chi connectivity index (χ2n) is 6.73. The van der Waals surface area contributed by atoms with E-state index in [1.807, 2.05) is 18.7 Å². The number of hydrogen-bond acceptors (Lipinski definition) is 5. The Kier molecular flexibility index (Phi) is 6.23. The molecule has 1 aliphatic heterocycles. The first kappa shape index (κ1) is 20.6. The van der Waals surface area contributed by atoms with E-state index in [2.05, 4.69) is 0 Å². The van der Waals surface area contributed by atoms with Crippen LogP contribution in [0, 0.1) is 13.8 Å². The van der Waals surface area contributed by atoms with Gasteiger partial charge < -0.3 is 9.64 Å². The average molecular weight is 420 g/mol. The number of morpholine rings is 1. The molecule has 0 unspecified atom stereocenters. The van der Waals surface area contributed by atoms with Crippen LogP contribution in [0.2, 0.25) is 5.02 Å². The summed E-state index contributed by atoms with van der Waals surface area (Å²) in [4.78, 5) is 14.8. The molecule has 2 aromatic carbocycles. The van der Waals surface area contributed by atoms with Gasteiger partial charge in [-0.3, -0.25) is 4.79 Å². The molecule has 1 saturated heterocycles. The van der Waals surface area contributed by atoms with Gasteiger partial charge in [-0.15, -0.1) is 0 Å². The lowest BCUT2D eigenvalue weighted by Gasteiger charge is -2.26. The number of halogens is 1. The summed E-state index contributed by atoms with van der Waals surface area (Å²) in [6.07, 6.45) is 1.45. The zero-order valence-corrected chi connectivity index (χ0v) is 17.4. The van der Waals surface area contributed by atoms with E-state index in [0.29, 0.717) is 31.3 Å². The summed E-state index contributed by atoms with van der Waals surface area (Å²) < 4.78 is 32.1. The van der Waals surface area contributed by atoms with Gasteiger partial charge in [0.05, 0.1) is 18.1 Å². The predicted molar refractivity (Wildman–Crippen MR) is 109 cm³/mol. The van der Waals surface area contributed by atoms with Crippen LogP contribution in [0.4, 0.5) is 0 Å². The molecular weight excluding hydrogens is 398 g/mol. The first-order valence-corrected chi connectivity index (χ1v) is 10.8. The van der Waals surface area contributed by atoms with E-state index in [1.54, 1.807) is 30.3 Å². The third kappa shape index (κ3) is 4.46. The second-order valence-corrected chi connectivity index (χ2v) is 9.08. The highest BCUT2D eigenvalue weighted by Crippen LogP contribution is 2.26. The normalized spacial score (nSPS) is 15.5. The predicted octanol–water partition coefficient (Wildman–Crippen LogP) is 3.79. The third-order valence-electron chi connectivity index (χ3n) is 4.75. The van der Waals surface area contributed by atoms with Gasteiger partial charge in [-0.1, -0.05) is 17.7 Å². The van der Waals surface area contributed by atoms with Crippen LogP contribution < -0.4 is 0 Å². The Morgan fingerprint density at radius 2 is 1.68 bits per heavy atom. The number of carbonyl (C=O) groups excluding carboxylic acids is 1. The Balaban J connectivity index is 2.09. The monoisotopic (exact) mass is 419 g/mol. The smallest absolute Gasteiger partial charge is 0.211 e. The number of sulfone groups is 1. The molecule has 0 aromatic heterocycles. The summed E-state index contributed by atoms with van der Waals surface area (Å²) in [7, 11) is -4.00. The molecule has 1 aliphatic rings.